The van der Waals surface area contributed by atoms with Crippen molar-refractivity contribution in [3.05, 3.63) is 92.4 Å². The third-order valence-corrected chi connectivity index (χ3v) is 7.27. The third-order valence-electron chi connectivity index (χ3n) is 6.60. The van der Waals surface area contributed by atoms with Gasteiger partial charge in [-0.25, -0.2) is 0 Å². The van der Waals surface area contributed by atoms with Gasteiger partial charge in [-0.15, -0.1) is 0 Å². The molecule has 0 spiro atoms. The average molecular weight is 526 g/mol. The Morgan fingerprint density at radius 1 is 1.18 bits per heavy atom. The smallest absolute Gasteiger partial charge is 0.227 e. The van der Waals surface area contributed by atoms with Gasteiger partial charge in [0, 0.05) is 51.1 Å². The van der Waals surface area contributed by atoms with Gasteiger partial charge in [-0.05, 0) is 75.6 Å². The molecule has 1 unspecified atom stereocenters. The standard InChI is InChI=1S/C26H24BrClN3O2/c27-21-13-20-4-3-19-14-22(28)5-6-23(19)25(26(20)29-15-21)18-7-10-30(11-8-18)24(32)12-17-2-1-9-31(33)16-17/h1-6,9,13-16,18,25,33H,7-8,10-12H2/q+1. The lowest BCUT2D eigenvalue weighted by molar-refractivity contribution is -0.905. The molecule has 1 aliphatic heterocycles. The van der Waals surface area contributed by atoms with Gasteiger partial charge in [0.2, 0.25) is 18.3 Å². The molecule has 0 saturated carbocycles. The SMILES string of the molecule is O=C(Cc1ccc[n+](O)c1)N1CCC(C2c3ccc(Cl)cc3C=Cc3cc(Br)cnc32)CC1. The number of rotatable bonds is 3. The van der Waals surface area contributed by atoms with Crippen molar-refractivity contribution in [3.8, 4) is 0 Å². The lowest BCUT2D eigenvalue weighted by Gasteiger charge is -2.36. The molecule has 3 aromatic rings. The molecule has 2 aliphatic rings. The van der Waals surface area contributed by atoms with Crippen molar-refractivity contribution >= 4 is 45.6 Å². The van der Waals surface area contributed by atoms with Gasteiger partial charge in [0.05, 0.1) is 12.1 Å². The van der Waals surface area contributed by atoms with Crippen LogP contribution in [0.25, 0.3) is 12.2 Å². The van der Waals surface area contributed by atoms with E-state index < -0.39 is 0 Å². The summed E-state index contributed by atoms with van der Waals surface area (Å²) < 4.78 is 1.95. The molecule has 1 N–H and O–H groups in total. The van der Waals surface area contributed by atoms with Gasteiger partial charge in [0.15, 0.2) is 0 Å². The Morgan fingerprint density at radius 3 is 2.76 bits per heavy atom. The highest BCUT2D eigenvalue weighted by molar-refractivity contribution is 9.10. The van der Waals surface area contributed by atoms with Gasteiger partial charge in [-0.1, -0.05) is 29.8 Å². The molecule has 168 valence electrons. The molecule has 0 bridgehead atoms. The normalized spacial score (nSPS) is 17.9. The van der Waals surface area contributed by atoms with Crippen molar-refractivity contribution in [2.45, 2.75) is 25.2 Å². The van der Waals surface area contributed by atoms with Crippen LogP contribution in [0, 0.1) is 5.92 Å². The second-order valence-corrected chi connectivity index (χ2v) is 10.1. The van der Waals surface area contributed by atoms with Gasteiger partial charge in [0.25, 0.3) is 0 Å². The Morgan fingerprint density at radius 2 is 1.97 bits per heavy atom. The number of piperidine rings is 1. The summed E-state index contributed by atoms with van der Waals surface area (Å²) in [4.78, 5) is 19.7. The van der Waals surface area contributed by atoms with Gasteiger partial charge >= 0.3 is 0 Å². The van der Waals surface area contributed by atoms with Crippen LogP contribution in [0.5, 0.6) is 0 Å². The van der Waals surface area contributed by atoms with E-state index in [0.717, 1.165) is 49.5 Å². The number of likely N-dealkylation sites (tertiary alicyclic amines) is 1. The Bertz CT molecular complexity index is 1180. The molecule has 1 fully saturated rings. The van der Waals surface area contributed by atoms with Crippen molar-refractivity contribution in [2.75, 3.05) is 13.1 Å². The highest BCUT2D eigenvalue weighted by atomic mass is 79.9. The number of fused-ring (bicyclic) bond motifs is 2. The van der Waals surface area contributed by atoms with Gasteiger partial charge in [-0.2, -0.15) is 0 Å². The number of nitrogens with zero attached hydrogens (tertiary/aromatic N) is 3. The van der Waals surface area contributed by atoms with Crippen molar-refractivity contribution < 1.29 is 14.7 Å². The zero-order chi connectivity index (χ0) is 22.9. The number of carbonyl (C=O) groups is 1. The van der Waals surface area contributed by atoms with E-state index in [1.807, 2.05) is 29.3 Å². The lowest BCUT2D eigenvalue weighted by Crippen LogP contribution is -2.41. The number of hydrogen-bond acceptors (Lipinski definition) is 3. The molecular weight excluding hydrogens is 502 g/mol. The van der Waals surface area contributed by atoms with E-state index in [9.17, 15) is 10.0 Å². The minimum atomic E-state index is 0.0943. The molecule has 1 amide bonds. The Kier molecular flexibility index (Phi) is 6.21. The highest BCUT2D eigenvalue weighted by Crippen LogP contribution is 2.43. The number of pyridine rings is 2. The maximum Gasteiger partial charge on any atom is 0.227 e. The van der Waals surface area contributed by atoms with Crippen LogP contribution in [0.15, 0.2) is 59.5 Å². The van der Waals surface area contributed by atoms with Crippen LogP contribution >= 0.6 is 27.5 Å². The van der Waals surface area contributed by atoms with Crippen molar-refractivity contribution in [2.24, 2.45) is 5.92 Å². The summed E-state index contributed by atoms with van der Waals surface area (Å²) in [7, 11) is 0. The van der Waals surface area contributed by atoms with Crippen LogP contribution in [-0.4, -0.2) is 34.1 Å². The molecule has 1 aromatic carbocycles. The number of amides is 1. The van der Waals surface area contributed by atoms with E-state index in [0.29, 0.717) is 25.4 Å². The van der Waals surface area contributed by atoms with E-state index in [1.54, 1.807) is 12.3 Å². The Labute approximate surface area is 206 Å². The minimum Gasteiger partial charge on any atom is -0.342 e. The van der Waals surface area contributed by atoms with E-state index in [1.165, 1.54) is 11.8 Å². The number of benzene rings is 1. The predicted octanol–water partition coefficient (Wildman–Crippen LogP) is 5.12. The molecule has 1 atom stereocenters. The first kappa shape index (κ1) is 22.1. The molecule has 5 nitrogen and oxygen atoms in total. The monoisotopic (exact) mass is 524 g/mol. The van der Waals surface area contributed by atoms with Crippen molar-refractivity contribution in [1.82, 2.24) is 9.88 Å². The molecule has 1 aliphatic carbocycles. The first-order chi connectivity index (χ1) is 16.0. The van der Waals surface area contributed by atoms with Crippen LogP contribution < -0.4 is 4.73 Å². The molecule has 0 radical (unpaired) electrons. The molecule has 33 heavy (non-hydrogen) atoms. The van der Waals surface area contributed by atoms with E-state index in [4.69, 9.17) is 16.6 Å². The quantitative estimate of drug-likeness (QED) is 0.381. The van der Waals surface area contributed by atoms with Crippen LogP contribution in [0.2, 0.25) is 5.02 Å². The zero-order valence-corrected chi connectivity index (χ0v) is 20.3. The Balaban J connectivity index is 1.38. The fourth-order valence-corrected chi connectivity index (χ4v) is 5.55. The maximum absolute atomic E-state index is 12.9. The molecular formula is C26H24BrClN3O2+. The largest absolute Gasteiger partial charge is 0.342 e. The fraction of sp³-hybridized carbons (Fsp3) is 0.269. The summed E-state index contributed by atoms with van der Waals surface area (Å²) in [6.07, 6.45) is 11.3. The van der Waals surface area contributed by atoms with E-state index >= 15 is 0 Å². The third kappa shape index (κ3) is 4.68. The predicted molar refractivity (Wildman–Crippen MR) is 131 cm³/mol. The highest BCUT2D eigenvalue weighted by Gasteiger charge is 2.34. The summed E-state index contributed by atoms with van der Waals surface area (Å²) >= 11 is 9.87. The fourth-order valence-electron chi connectivity index (χ4n) is 5.02. The van der Waals surface area contributed by atoms with E-state index in [-0.39, 0.29) is 11.8 Å². The first-order valence-electron chi connectivity index (χ1n) is 11.1. The summed E-state index contributed by atoms with van der Waals surface area (Å²) in [5.41, 5.74) is 5.36. The first-order valence-corrected chi connectivity index (χ1v) is 12.3. The van der Waals surface area contributed by atoms with Gasteiger partial charge in [0.1, 0.15) is 0 Å². The number of carbonyl (C=O) groups excluding carboxylic acids is 1. The van der Waals surface area contributed by atoms with Crippen LogP contribution in [0.1, 0.15) is 46.7 Å². The van der Waals surface area contributed by atoms with Crippen molar-refractivity contribution in [3.63, 3.8) is 0 Å². The number of halogens is 2. The number of hydrogen-bond donors (Lipinski definition) is 1. The lowest BCUT2D eigenvalue weighted by atomic mass is 9.76. The summed E-state index contributed by atoms with van der Waals surface area (Å²) in [5, 5.41) is 10.3. The topological polar surface area (TPSA) is 57.3 Å². The van der Waals surface area contributed by atoms with Gasteiger partial charge in [-0.3, -0.25) is 15.0 Å². The second-order valence-electron chi connectivity index (χ2n) is 8.70. The van der Waals surface area contributed by atoms with Crippen molar-refractivity contribution in [1.29, 1.82) is 0 Å². The molecule has 5 rings (SSSR count). The summed E-state index contributed by atoms with van der Waals surface area (Å²) in [5.74, 6) is 0.615. The van der Waals surface area contributed by atoms with Crippen LogP contribution in [0.3, 0.4) is 0 Å². The van der Waals surface area contributed by atoms with Gasteiger partial charge < -0.3 is 4.90 Å². The molecule has 2 aromatic heterocycles. The molecule has 1 saturated heterocycles. The van der Waals surface area contributed by atoms with Crippen LogP contribution in [-0.2, 0) is 11.2 Å². The number of aromatic nitrogens is 2. The van der Waals surface area contributed by atoms with E-state index in [2.05, 4.69) is 40.2 Å². The Hall–Kier alpha value is -2.70. The maximum atomic E-state index is 12.9. The summed E-state index contributed by atoms with van der Waals surface area (Å²) in [6, 6.07) is 11.8. The minimum absolute atomic E-state index is 0.0943. The average Bonchev–Trinajstić information content (AvgIpc) is 2.95. The molecule has 3 heterocycles. The second kappa shape index (κ2) is 9.27. The zero-order valence-electron chi connectivity index (χ0n) is 18.0. The molecule has 7 heteroatoms. The summed E-state index contributed by atoms with van der Waals surface area (Å²) in [6.45, 7) is 1.43. The van der Waals surface area contributed by atoms with Crippen LogP contribution in [0.4, 0.5) is 0 Å².